The van der Waals surface area contributed by atoms with Crippen LogP contribution in [0.15, 0.2) is 0 Å². The molecule has 1 rings (SSSR count). The van der Waals surface area contributed by atoms with Gasteiger partial charge in [-0.2, -0.15) is 0 Å². The molecule has 0 aromatic carbocycles. The van der Waals surface area contributed by atoms with E-state index in [9.17, 15) is 18.4 Å². The van der Waals surface area contributed by atoms with Crippen molar-refractivity contribution in [3.63, 3.8) is 0 Å². The Morgan fingerprint density at radius 2 is 1.50 bits per heavy atom. The van der Waals surface area contributed by atoms with Crippen LogP contribution in [0.5, 0.6) is 0 Å². The third-order valence-electron chi connectivity index (χ3n) is 2.68. The average molecular weight is 274 g/mol. The van der Waals surface area contributed by atoms with Gasteiger partial charge < -0.3 is 14.8 Å². The van der Waals surface area contributed by atoms with Crippen LogP contribution in [0, 0.1) is 11.8 Å². The fourth-order valence-electron chi connectivity index (χ4n) is 1.96. The number of aliphatic carboxylic acids is 2. The fraction of sp³-hybridized carbons (Fsp3) is 0.750. The van der Waals surface area contributed by atoms with Gasteiger partial charge in [0.05, 0.1) is 11.8 Å². The van der Waals surface area contributed by atoms with E-state index >= 15 is 0 Å². The maximum atomic E-state index is 10.9. The zero-order valence-electron chi connectivity index (χ0n) is 8.79. The van der Waals surface area contributed by atoms with E-state index in [2.05, 4.69) is 0 Å². The SMILES string of the molecule is O=C(O)C1CCCC(C(=O)O)C1S(=O)[O-].[K+]. The van der Waals surface area contributed by atoms with Gasteiger partial charge in [0.25, 0.3) is 0 Å². The van der Waals surface area contributed by atoms with Crippen LogP contribution in [0.2, 0.25) is 0 Å². The molecule has 3 atom stereocenters. The van der Waals surface area contributed by atoms with Crippen molar-refractivity contribution in [1.29, 1.82) is 0 Å². The molecule has 0 spiro atoms. The molecule has 0 aliphatic heterocycles. The van der Waals surface area contributed by atoms with Crippen LogP contribution >= 0.6 is 0 Å². The first-order valence-corrected chi connectivity index (χ1v) is 5.62. The van der Waals surface area contributed by atoms with Crippen molar-refractivity contribution >= 4 is 23.0 Å². The third kappa shape index (κ3) is 3.86. The van der Waals surface area contributed by atoms with Crippen molar-refractivity contribution in [3.05, 3.63) is 0 Å². The molecule has 0 aromatic rings. The Bertz CT molecular complexity index is 285. The summed E-state index contributed by atoms with van der Waals surface area (Å²) in [6, 6.07) is 0. The van der Waals surface area contributed by atoms with Crippen LogP contribution in [0.25, 0.3) is 0 Å². The van der Waals surface area contributed by atoms with E-state index in [-0.39, 0.29) is 64.2 Å². The van der Waals surface area contributed by atoms with E-state index in [1.165, 1.54) is 0 Å². The van der Waals surface area contributed by atoms with E-state index in [0.717, 1.165) is 0 Å². The van der Waals surface area contributed by atoms with Gasteiger partial charge in [0.15, 0.2) is 0 Å². The summed E-state index contributed by atoms with van der Waals surface area (Å²) in [7, 11) is 0. The van der Waals surface area contributed by atoms with Crippen molar-refractivity contribution in [2.45, 2.75) is 24.5 Å². The van der Waals surface area contributed by atoms with Crippen molar-refractivity contribution in [2.75, 3.05) is 0 Å². The van der Waals surface area contributed by atoms with Gasteiger partial charge in [-0.1, -0.05) is 17.5 Å². The summed E-state index contributed by atoms with van der Waals surface area (Å²) in [6.07, 6.45) is 0.872. The second-order valence-electron chi connectivity index (χ2n) is 3.55. The van der Waals surface area contributed by atoms with Crippen LogP contribution < -0.4 is 51.4 Å². The summed E-state index contributed by atoms with van der Waals surface area (Å²) in [6.45, 7) is 0. The van der Waals surface area contributed by atoms with E-state index in [1.54, 1.807) is 0 Å². The average Bonchev–Trinajstić information content (AvgIpc) is 2.16. The normalized spacial score (nSPS) is 31.2. The second-order valence-corrected chi connectivity index (χ2v) is 4.61. The van der Waals surface area contributed by atoms with Crippen LogP contribution in [0.4, 0.5) is 0 Å². The van der Waals surface area contributed by atoms with E-state index in [4.69, 9.17) is 10.2 Å². The second kappa shape index (κ2) is 7.19. The standard InChI is InChI=1S/C8H12O6S.K/c9-7(10)4-2-1-3-5(8(11)12)6(4)15(13)14;/h4-6H,1-3H2,(H,9,10)(H,11,12)(H,13,14);/q;+1/p-1. The minimum Gasteiger partial charge on any atom is -0.772 e. The van der Waals surface area contributed by atoms with Gasteiger partial charge in [0.2, 0.25) is 0 Å². The maximum absolute atomic E-state index is 10.9. The molecule has 2 N–H and O–H groups in total. The number of carboxylic acids is 2. The van der Waals surface area contributed by atoms with Gasteiger partial charge in [-0.05, 0) is 12.8 Å². The molecule has 1 fully saturated rings. The molecule has 0 radical (unpaired) electrons. The number of hydrogen-bond donors (Lipinski definition) is 2. The van der Waals surface area contributed by atoms with Crippen LogP contribution in [0.3, 0.4) is 0 Å². The molecule has 6 nitrogen and oxygen atoms in total. The summed E-state index contributed by atoms with van der Waals surface area (Å²) in [4.78, 5) is 21.5. The molecule has 1 aliphatic carbocycles. The van der Waals surface area contributed by atoms with Crippen LogP contribution in [0.1, 0.15) is 19.3 Å². The van der Waals surface area contributed by atoms with Gasteiger partial charge in [-0.15, -0.1) is 0 Å². The molecular weight excluding hydrogens is 263 g/mol. The molecule has 8 heteroatoms. The monoisotopic (exact) mass is 274 g/mol. The molecule has 0 saturated heterocycles. The van der Waals surface area contributed by atoms with Gasteiger partial charge in [0.1, 0.15) is 0 Å². The first kappa shape index (κ1) is 16.7. The van der Waals surface area contributed by atoms with E-state index < -0.39 is 40.1 Å². The quantitative estimate of drug-likeness (QED) is 0.414. The summed E-state index contributed by atoms with van der Waals surface area (Å²) >= 11 is -2.66. The largest absolute Gasteiger partial charge is 1.00 e. The molecular formula is C8H11KO6S. The number of rotatable bonds is 3. The Morgan fingerprint density at radius 1 is 1.12 bits per heavy atom. The molecule has 16 heavy (non-hydrogen) atoms. The zero-order chi connectivity index (χ0) is 11.6. The molecule has 1 aliphatic rings. The number of hydrogen-bond acceptors (Lipinski definition) is 4. The Kier molecular flexibility index (Phi) is 7.50. The number of carbonyl (C=O) groups is 2. The summed E-state index contributed by atoms with van der Waals surface area (Å²) in [5, 5.41) is 16.3. The minimum atomic E-state index is -2.66. The third-order valence-corrected chi connectivity index (χ3v) is 3.78. The maximum Gasteiger partial charge on any atom is 1.00 e. The van der Waals surface area contributed by atoms with Gasteiger partial charge in [0, 0.05) is 5.25 Å². The van der Waals surface area contributed by atoms with Crippen LogP contribution in [-0.2, 0) is 20.7 Å². The summed E-state index contributed by atoms with van der Waals surface area (Å²) in [5.41, 5.74) is 0. The van der Waals surface area contributed by atoms with Gasteiger partial charge in [-0.3, -0.25) is 13.8 Å². The van der Waals surface area contributed by atoms with E-state index in [1.807, 2.05) is 0 Å². The Hall–Kier alpha value is 0.686. The molecule has 0 amide bonds. The smallest absolute Gasteiger partial charge is 0.772 e. The number of carboxylic acid groups (broad SMARTS) is 2. The molecule has 0 heterocycles. The Morgan fingerprint density at radius 3 is 1.75 bits per heavy atom. The predicted octanol–water partition coefficient (Wildman–Crippen LogP) is -3.18. The minimum absolute atomic E-state index is 0. The Labute approximate surface area is 137 Å². The van der Waals surface area contributed by atoms with Crippen molar-refractivity contribution in [3.8, 4) is 0 Å². The predicted molar refractivity (Wildman–Crippen MR) is 48.8 cm³/mol. The first-order chi connectivity index (χ1) is 6.95. The van der Waals surface area contributed by atoms with Gasteiger partial charge in [-0.25, -0.2) is 0 Å². The van der Waals surface area contributed by atoms with Crippen molar-refractivity contribution in [2.24, 2.45) is 11.8 Å². The van der Waals surface area contributed by atoms with Gasteiger partial charge >= 0.3 is 63.3 Å². The van der Waals surface area contributed by atoms with E-state index in [0.29, 0.717) is 6.42 Å². The molecule has 1 saturated carbocycles. The van der Waals surface area contributed by atoms with Crippen LogP contribution in [-0.4, -0.2) is 36.2 Å². The summed E-state index contributed by atoms with van der Waals surface area (Å²) in [5.74, 6) is -4.68. The molecule has 0 bridgehead atoms. The first-order valence-electron chi connectivity index (χ1n) is 4.49. The Balaban J connectivity index is 0.00000225. The molecule has 86 valence electrons. The molecule has 0 aromatic heterocycles. The van der Waals surface area contributed by atoms with Crippen molar-refractivity contribution < 1.29 is 79.9 Å². The summed E-state index contributed by atoms with van der Waals surface area (Å²) < 4.78 is 21.7. The molecule has 3 unspecified atom stereocenters. The topological polar surface area (TPSA) is 115 Å². The fourth-order valence-corrected chi connectivity index (χ4v) is 3.00. The zero-order valence-corrected chi connectivity index (χ0v) is 12.7. The van der Waals surface area contributed by atoms with Crippen molar-refractivity contribution in [1.82, 2.24) is 0 Å².